The first-order chi connectivity index (χ1) is 10.5. The Morgan fingerprint density at radius 1 is 0.818 bits per heavy atom. The standard InChI is InChI=1S/C21H26O/c1-14-15(2)17(4)21(18(5)16(14)3)13-20(11-12-22)19-9-7-6-8-10-19/h6-10,12,20H,11,13H2,1-5H3/t20-/m1/s1. The van der Waals surface area contributed by atoms with Gasteiger partial charge in [-0.2, -0.15) is 0 Å². The Bertz CT molecular complexity index is 639. The molecule has 1 heteroatoms. The van der Waals surface area contributed by atoms with E-state index in [1.165, 1.54) is 38.9 Å². The second-order valence-corrected chi connectivity index (χ2v) is 6.32. The molecule has 2 aromatic carbocycles. The molecule has 22 heavy (non-hydrogen) atoms. The molecule has 1 atom stereocenters. The van der Waals surface area contributed by atoms with Gasteiger partial charge in [0.05, 0.1) is 0 Å². The van der Waals surface area contributed by atoms with Crippen LogP contribution in [0, 0.1) is 34.6 Å². The smallest absolute Gasteiger partial charge is 0.120 e. The third-order valence-electron chi connectivity index (χ3n) is 5.26. The average Bonchev–Trinajstić information content (AvgIpc) is 2.55. The summed E-state index contributed by atoms with van der Waals surface area (Å²) in [5.41, 5.74) is 9.60. The fourth-order valence-corrected chi connectivity index (χ4v) is 3.31. The highest BCUT2D eigenvalue weighted by atomic mass is 16.1. The van der Waals surface area contributed by atoms with Crippen LogP contribution in [0.1, 0.15) is 51.3 Å². The van der Waals surface area contributed by atoms with Gasteiger partial charge in [-0.1, -0.05) is 30.3 Å². The predicted octanol–water partition coefficient (Wildman–Crippen LogP) is 5.14. The van der Waals surface area contributed by atoms with E-state index >= 15 is 0 Å². The van der Waals surface area contributed by atoms with E-state index < -0.39 is 0 Å². The molecule has 2 rings (SSSR count). The van der Waals surface area contributed by atoms with Crippen LogP contribution in [0.3, 0.4) is 0 Å². The van der Waals surface area contributed by atoms with Crippen molar-refractivity contribution in [3.05, 3.63) is 69.3 Å². The van der Waals surface area contributed by atoms with E-state index in [1.807, 2.05) is 6.07 Å². The highest BCUT2D eigenvalue weighted by Gasteiger charge is 2.18. The molecule has 0 radical (unpaired) electrons. The number of hydrogen-bond acceptors (Lipinski definition) is 1. The van der Waals surface area contributed by atoms with Gasteiger partial charge in [0.15, 0.2) is 0 Å². The highest BCUT2D eigenvalue weighted by molar-refractivity contribution is 5.54. The van der Waals surface area contributed by atoms with Crippen LogP contribution in [0.4, 0.5) is 0 Å². The summed E-state index contributed by atoms with van der Waals surface area (Å²) in [5.74, 6) is 0.262. The molecular formula is C21H26O. The summed E-state index contributed by atoms with van der Waals surface area (Å²) in [6.45, 7) is 11.0. The van der Waals surface area contributed by atoms with Crippen molar-refractivity contribution in [1.82, 2.24) is 0 Å². The van der Waals surface area contributed by atoms with Crippen LogP contribution >= 0.6 is 0 Å². The number of carbonyl (C=O) groups excluding carboxylic acids is 1. The largest absolute Gasteiger partial charge is 0.303 e. The van der Waals surface area contributed by atoms with Crippen LogP contribution in [0.5, 0.6) is 0 Å². The summed E-state index contributed by atoms with van der Waals surface area (Å²) in [6.07, 6.45) is 2.56. The fourth-order valence-electron chi connectivity index (χ4n) is 3.31. The average molecular weight is 294 g/mol. The molecule has 0 N–H and O–H groups in total. The van der Waals surface area contributed by atoms with Gasteiger partial charge in [-0.25, -0.2) is 0 Å². The summed E-state index contributed by atoms with van der Waals surface area (Å²) in [5, 5.41) is 0. The summed E-state index contributed by atoms with van der Waals surface area (Å²) < 4.78 is 0. The zero-order valence-corrected chi connectivity index (χ0v) is 14.4. The Labute approximate surface area is 134 Å². The van der Waals surface area contributed by atoms with Crippen LogP contribution in [0.2, 0.25) is 0 Å². The molecular weight excluding hydrogens is 268 g/mol. The zero-order valence-electron chi connectivity index (χ0n) is 14.4. The third-order valence-corrected chi connectivity index (χ3v) is 5.26. The fraction of sp³-hybridized carbons (Fsp3) is 0.381. The van der Waals surface area contributed by atoms with Crippen LogP contribution < -0.4 is 0 Å². The van der Waals surface area contributed by atoms with Crippen LogP contribution in [0.15, 0.2) is 30.3 Å². The van der Waals surface area contributed by atoms with Crippen molar-refractivity contribution in [2.75, 3.05) is 0 Å². The molecule has 0 heterocycles. The normalized spacial score (nSPS) is 12.2. The molecule has 0 spiro atoms. The van der Waals surface area contributed by atoms with Crippen molar-refractivity contribution >= 4 is 6.29 Å². The molecule has 0 unspecified atom stereocenters. The Morgan fingerprint density at radius 2 is 1.32 bits per heavy atom. The first-order valence-electron chi connectivity index (χ1n) is 8.01. The molecule has 0 aliphatic heterocycles. The molecule has 0 aliphatic rings. The van der Waals surface area contributed by atoms with E-state index in [4.69, 9.17) is 0 Å². The highest BCUT2D eigenvalue weighted by Crippen LogP contribution is 2.31. The summed E-state index contributed by atoms with van der Waals surface area (Å²) in [6, 6.07) is 10.4. The van der Waals surface area contributed by atoms with Gasteiger partial charge < -0.3 is 4.79 Å². The van der Waals surface area contributed by atoms with Gasteiger partial charge in [0, 0.05) is 6.42 Å². The van der Waals surface area contributed by atoms with Crippen LogP contribution in [-0.2, 0) is 11.2 Å². The van der Waals surface area contributed by atoms with Gasteiger partial charge in [0.25, 0.3) is 0 Å². The zero-order chi connectivity index (χ0) is 16.3. The maximum Gasteiger partial charge on any atom is 0.120 e. The lowest BCUT2D eigenvalue weighted by Gasteiger charge is -2.22. The first kappa shape index (κ1) is 16.5. The van der Waals surface area contributed by atoms with E-state index in [0.717, 1.165) is 12.7 Å². The van der Waals surface area contributed by atoms with Gasteiger partial charge in [-0.15, -0.1) is 0 Å². The van der Waals surface area contributed by atoms with Gasteiger partial charge in [-0.05, 0) is 85.9 Å². The summed E-state index contributed by atoms with van der Waals surface area (Å²) in [4.78, 5) is 11.1. The Balaban J connectivity index is 2.46. The molecule has 2 aromatic rings. The SMILES string of the molecule is Cc1c(C)c(C)c(C[C@@H](CC=O)c2ccccc2)c(C)c1C. The number of carbonyl (C=O) groups is 1. The monoisotopic (exact) mass is 294 g/mol. The quantitative estimate of drug-likeness (QED) is 0.697. The summed E-state index contributed by atoms with van der Waals surface area (Å²) in [7, 11) is 0. The topological polar surface area (TPSA) is 17.1 Å². The maximum absolute atomic E-state index is 11.1. The van der Waals surface area contributed by atoms with E-state index in [1.54, 1.807) is 0 Å². The number of benzene rings is 2. The van der Waals surface area contributed by atoms with Crippen molar-refractivity contribution in [2.45, 2.75) is 53.4 Å². The molecule has 0 saturated carbocycles. The Kier molecular flexibility index (Phi) is 5.18. The van der Waals surface area contributed by atoms with Crippen molar-refractivity contribution < 1.29 is 4.79 Å². The molecule has 0 amide bonds. The number of aldehydes is 1. The number of hydrogen-bond donors (Lipinski definition) is 0. The molecule has 0 aliphatic carbocycles. The van der Waals surface area contributed by atoms with Crippen LogP contribution in [0.25, 0.3) is 0 Å². The van der Waals surface area contributed by atoms with E-state index in [0.29, 0.717) is 6.42 Å². The van der Waals surface area contributed by atoms with Gasteiger partial charge in [0.2, 0.25) is 0 Å². The molecule has 116 valence electrons. The maximum atomic E-state index is 11.1. The molecule has 0 bridgehead atoms. The van der Waals surface area contributed by atoms with Crippen molar-refractivity contribution in [3.8, 4) is 0 Å². The number of rotatable bonds is 5. The first-order valence-corrected chi connectivity index (χ1v) is 8.01. The third kappa shape index (κ3) is 3.14. The van der Waals surface area contributed by atoms with E-state index in [9.17, 15) is 4.79 Å². The lowest BCUT2D eigenvalue weighted by atomic mass is 9.82. The second kappa shape index (κ2) is 6.91. The summed E-state index contributed by atoms with van der Waals surface area (Å²) >= 11 is 0. The minimum atomic E-state index is 0.262. The minimum Gasteiger partial charge on any atom is -0.303 e. The van der Waals surface area contributed by atoms with Crippen molar-refractivity contribution in [3.63, 3.8) is 0 Å². The molecule has 0 saturated heterocycles. The Morgan fingerprint density at radius 3 is 1.82 bits per heavy atom. The molecule has 0 fully saturated rings. The van der Waals surface area contributed by atoms with Gasteiger partial charge >= 0.3 is 0 Å². The Hall–Kier alpha value is -1.89. The molecule has 0 aromatic heterocycles. The van der Waals surface area contributed by atoms with Crippen molar-refractivity contribution in [2.24, 2.45) is 0 Å². The van der Waals surface area contributed by atoms with Gasteiger partial charge in [-0.3, -0.25) is 0 Å². The predicted molar refractivity (Wildman–Crippen MR) is 93.7 cm³/mol. The molecule has 1 nitrogen and oxygen atoms in total. The van der Waals surface area contributed by atoms with Crippen molar-refractivity contribution in [1.29, 1.82) is 0 Å². The van der Waals surface area contributed by atoms with E-state index in [2.05, 4.69) is 58.9 Å². The van der Waals surface area contributed by atoms with Crippen LogP contribution in [-0.4, -0.2) is 6.29 Å². The lowest BCUT2D eigenvalue weighted by molar-refractivity contribution is -0.108. The minimum absolute atomic E-state index is 0.262. The lowest BCUT2D eigenvalue weighted by Crippen LogP contribution is -2.09. The second-order valence-electron chi connectivity index (χ2n) is 6.32. The van der Waals surface area contributed by atoms with E-state index in [-0.39, 0.29) is 5.92 Å². The van der Waals surface area contributed by atoms with Gasteiger partial charge in [0.1, 0.15) is 6.29 Å².